The van der Waals surface area contributed by atoms with Gasteiger partial charge in [-0.25, -0.2) is 4.98 Å². The molecule has 0 saturated carbocycles. The average molecular weight is 142 g/mol. The number of carbonyl (C=O) groups is 1. The van der Waals surface area contributed by atoms with E-state index in [-0.39, 0.29) is 0 Å². The molecular weight excluding hydrogens is 138 g/mol. The molecule has 3 nitrogen and oxygen atoms in total. The van der Waals surface area contributed by atoms with Crippen molar-refractivity contribution in [3.8, 4) is 0 Å². The van der Waals surface area contributed by atoms with Crippen molar-refractivity contribution < 1.29 is 9.90 Å². The number of aliphatic carboxylic acids is 1. The van der Waals surface area contributed by atoms with Crippen LogP contribution in [0.3, 0.4) is 0 Å². The van der Waals surface area contributed by atoms with Gasteiger partial charge >= 0.3 is 5.97 Å². The van der Waals surface area contributed by atoms with Crippen LogP contribution in [0, 0.1) is 6.42 Å². The first kappa shape index (κ1) is 6.22. The van der Waals surface area contributed by atoms with Gasteiger partial charge in [0.2, 0.25) is 0 Å². The minimum Gasteiger partial charge on any atom is -0.481 e. The Hall–Kier alpha value is -0.900. The van der Waals surface area contributed by atoms with Crippen molar-refractivity contribution in [3.63, 3.8) is 0 Å². The summed E-state index contributed by atoms with van der Waals surface area (Å²) in [5, 5.41) is 10.5. The van der Waals surface area contributed by atoms with Gasteiger partial charge < -0.3 is 5.11 Å². The van der Waals surface area contributed by atoms with Crippen molar-refractivity contribution in [2.75, 3.05) is 0 Å². The van der Waals surface area contributed by atoms with E-state index in [1.165, 1.54) is 11.3 Å². The molecule has 0 amide bonds. The van der Waals surface area contributed by atoms with Crippen LogP contribution in [-0.4, -0.2) is 16.1 Å². The molecule has 1 aromatic rings. The fraction of sp³-hybridized carbons (Fsp3) is 0. The molecule has 1 heterocycles. The maximum absolute atomic E-state index is 9.98. The number of nitrogens with zero attached hydrogens (tertiary/aromatic N) is 1. The van der Waals surface area contributed by atoms with Gasteiger partial charge in [0.05, 0.1) is 0 Å². The van der Waals surface area contributed by atoms with Crippen molar-refractivity contribution in [1.82, 2.24) is 4.98 Å². The Morgan fingerprint density at radius 2 is 2.67 bits per heavy atom. The molecule has 1 N–H and O–H groups in total. The maximum Gasteiger partial charge on any atom is 0.314 e. The van der Waals surface area contributed by atoms with Gasteiger partial charge in [-0.1, -0.05) is 0 Å². The summed E-state index contributed by atoms with van der Waals surface area (Å²) in [5.74, 6) is -0.954. The van der Waals surface area contributed by atoms with E-state index >= 15 is 0 Å². The van der Waals surface area contributed by atoms with E-state index in [9.17, 15) is 4.79 Å². The molecule has 1 radical (unpaired) electrons. The van der Waals surface area contributed by atoms with Crippen LogP contribution >= 0.6 is 11.3 Å². The first-order chi connectivity index (χ1) is 4.29. The minimum atomic E-state index is -0.954. The zero-order valence-electron chi connectivity index (χ0n) is 4.44. The van der Waals surface area contributed by atoms with Crippen LogP contribution in [0.5, 0.6) is 0 Å². The molecule has 0 spiro atoms. The molecule has 1 aromatic heterocycles. The number of carboxylic acids is 1. The van der Waals surface area contributed by atoms with E-state index < -0.39 is 5.97 Å². The van der Waals surface area contributed by atoms with E-state index in [0.717, 1.165) is 6.42 Å². The van der Waals surface area contributed by atoms with Crippen molar-refractivity contribution in [2.45, 2.75) is 0 Å². The molecule has 0 fully saturated rings. The second-order valence-electron chi connectivity index (χ2n) is 1.35. The third kappa shape index (κ3) is 1.81. The highest BCUT2D eigenvalue weighted by Gasteiger charge is 2.01. The standard InChI is InChI=1S/C5H4NO2S/c7-5(8)3-4-6-1-2-9-4/h1-3H,(H,7,8). The summed E-state index contributed by atoms with van der Waals surface area (Å²) < 4.78 is 0. The maximum atomic E-state index is 9.98. The van der Waals surface area contributed by atoms with Gasteiger partial charge in [-0.15, -0.1) is 11.3 Å². The number of carboxylic acid groups (broad SMARTS) is 1. The number of hydrogen-bond donors (Lipinski definition) is 1. The van der Waals surface area contributed by atoms with Crippen LogP contribution in [0.4, 0.5) is 0 Å². The summed E-state index contributed by atoms with van der Waals surface area (Å²) in [6.07, 6.45) is 2.64. The van der Waals surface area contributed by atoms with Crippen LogP contribution in [0.2, 0.25) is 0 Å². The Kier molecular flexibility index (Phi) is 1.79. The molecule has 0 bridgehead atoms. The quantitative estimate of drug-likeness (QED) is 0.663. The highest BCUT2D eigenvalue weighted by Crippen LogP contribution is 2.05. The van der Waals surface area contributed by atoms with E-state index in [1.54, 1.807) is 11.6 Å². The van der Waals surface area contributed by atoms with Gasteiger partial charge in [0.25, 0.3) is 0 Å². The van der Waals surface area contributed by atoms with Crippen LogP contribution in [0.15, 0.2) is 11.6 Å². The molecular formula is C5H4NO2S. The lowest BCUT2D eigenvalue weighted by atomic mass is 10.5. The summed E-state index contributed by atoms with van der Waals surface area (Å²) in [7, 11) is 0. The summed E-state index contributed by atoms with van der Waals surface area (Å²) in [4.78, 5) is 13.7. The second kappa shape index (κ2) is 2.59. The molecule has 0 unspecified atom stereocenters. The van der Waals surface area contributed by atoms with E-state index in [4.69, 9.17) is 5.11 Å². The molecule has 0 aliphatic rings. The molecule has 0 atom stereocenters. The summed E-state index contributed by atoms with van der Waals surface area (Å²) in [5.41, 5.74) is 0. The Bertz CT molecular complexity index is 195. The third-order valence-corrected chi connectivity index (χ3v) is 1.42. The van der Waals surface area contributed by atoms with Crippen molar-refractivity contribution in [2.24, 2.45) is 0 Å². The molecule has 1 rings (SSSR count). The summed E-state index contributed by atoms with van der Waals surface area (Å²) in [6.45, 7) is 0. The Balaban J connectivity index is 2.58. The molecule has 0 aliphatic carbocycles. The van der Waals surface area contributed by atoms with Gasteiger partial charge in [0, 0.05) is 11.6 Å². The van der Waals surface area contributed by atoms with Gasteiger partial charge in [0.1, 0.15) is 11.4 Å². The molecule has 0 aromatic carbocycles. The van der Waals surface area contributed by atoms with Gasteiger partial charge in [-0.05, 0) is 0 Å². The summed E-state index contributed by atoms with van der Waals surface area (Å²) >= 11 is 1.30. The van der Waals surface area contributed by atoms with Gasteiger partial charge in [-0.3, -0.25) is 4.79 Å². The largest absolute Gasteiger partial charge is 0.481 e. The molecule has 4 heteroatoms. The average Bonchev–Trinajstić information content (AvgIpc) is 2.15. The Labute approximate surface area is 56.0 Å². The van der Waals surface area contributed by atoms with Crippen molar-refractivity contribution in [1.29, 1.82) is 0 Å². The van der Waals surface area contributed by atoms with E-state index in [1.807, 2.05) is 0 Å². The second-order valence-corrected chi connectivity index (χ2v) is 2.28. The number of hydrogen-bond acceptors (Lipinski definition) is 3. The zero-order valence-corrected chi connectivity index (χ0v) is 5.26. The van der Waals surface area contributed by atoms with Crippen LogP contribution in [0.25, 0.3) is 0 Å². The van der Waals surface area contributed by atoms with Crippen LogP contribution in [-0.2, 0) is 4.79 Å². The fourth-order valence-electron chi connectivity index (χ4n) is 0.411. The number of aromatic nitrogens is 1. The van der Waals surface area contributed by atoms with E-state index in [0.29, 0.717) is 5.01 Å². The monoisotopic (exact) mass is 142 g/mol. The van der Waals surface area contributed by atoms with Crippen LogP contribution in [0.1, 0.15) is 5.01 Å². The first-order valence-electron chi connectivity index (χ1n) is 2.26. The smallest absolute Gasteiger partial charge is 0.314 e. The molecule has 0 saturated heterocycles. The zero-order chi connectivity index (χ0) is 6.69. The number of thiazole rings is 1. The first-order valence-corrected chi connectivity index (χ1v) is 3.14. The van der Waals surface area contributed by atoms with E-state index in [2.05, 4.69) is 4.98 Å². The molecule has 9 heavy (non-hydrogen) atoms. The topological polar surface area (TPSA) is 50.2 Å². The Morgan fingerprint density at radius 1 is 1.89 bits per heavy atom. The highest BCUT2D eigenvalue weighted by molar-refractivity contribution is 7.09. The van der Waals surface area contributed by atoms with Gasteiger partial charge in [-0.2, -0.15) is 0 Å². The third-order valence-electron chi connectivity index (χ3n) is 0.698. The normalized spacial score (nSPS) is 9.33. The molecule has 47 valence electrons. The summed E-state index contributed by atoms with van der Waals surface area (Å²) in [6, 6.07) is 0. The fourth-order valence-corrected chi connectivity index (χ4v) is 0.963. The van der Waals surface area contributed by atoms with Gasteiger partial charge in [0.15, 0.2) is 0 Å². The van der Waals surface area contributed by atoms with Crippen LogP contribution < -0.4 is 0 Å². The number of rotatable bonds is 2. The lowest BCUT2D eigenvalue weighted by Crippen LogP contribution is -1.95. The lowest BCUT2D eigenvalue weighted by Gasteiger charge is -1.83. The Morgan fingerprint density at radius 3 is 3.11 bits per heavy atom. The minimum absolute atomic E-state index is 0.530. The predicted molar refractivity (Wildman–Crippen MR) is 33.2 cm³/mol. The SMILES string of the molecule is O=C(O)[CH]c1nccs1. The predicted octanol–water partition coefficient (Wildman–Crippen LogP) is 0.780. The lowest BCUT2D eigenvalue weighted by molar-refractivity contribution is -0.132. The van der Waals surface area contributed by atoms with Crippen molar-refractivity contribution >= 4 is 17.3 Å². The molecule has 0 aliphatic heterocycles. The van der Waals surface area contributed by atoms with Crippen molar-refractivity contribution in [3.05, 3.63) is 23.0 Å². The highest BCUT2D eigenvalue weighted by atomic mass is 32.1.